The van der Waals surface area contributed by atoms with Gasteiger partial charge in [0.25, 0.3) is 0 Å². The lowest BCUT2D eigenvalue weighted by Gasteiger charge is -2.19. The Morgan fingerprint density at radius 1 is 1.35 bits per heavy atom. The number of hydrogen-bond donors (Lipinski definition) is 0. The van der Waals surface area contributed by atoms with E-state index in [0.717, 1.165) is 35.7 Å². The first kappa shape index (κ1) is 13.5. The highest BCUT2D eigenvalue weighted by atomic mass is 32.1. The van der Waals surface area contributed by atoms with E-state index in [9.17, 15) is 0 Å². The summed E-state index contributed by atoms with van der Waals surface area (Å²) in [5.74, 6) is 0. The first-order valence-electron chi connectivity index (χ1n) is 6.85. The molecule has 0 saturated heterocycles. The van der Waals surface area contributed by atoms with E-state index in [1.165, 1.54) is 10.6 Å². The smallest absolute Gasteiger partial charge is 0.142 e. The molecule has 0 saturated carbocycles. The Bertz CT molecular complexity index is 592. The Hall–Kier alpha value is -1.46. The molecular weight excluding hydrogens is 270 g/mol. The van der Waals surface area contributed by atoms with Gasteiger partial charge in [-0.3, -0.25) is 4.98 Å². The van der Waals surface area contributed by atoms with Crippen LogP contribution in [0.4, 0.5) is 5.69 Å². The number of pyridine rings is 1. The molecule has 0 fully saturated rings. The summed E-state index contributed by atoms with van der Waals surface area (Å²) in [6.07, 6.45) is 5.41. The van der Waals surface area contributed by atoms with Crippen LogP contribution in [0.25, 0.3) is 10.7 Å². The number of thiazole rings is 1. The van der Waals surface area contributed by atoms with Crippen LogP contribution in [-0.4, -0.2) is 31.2 Å². The van der Waals surface area contributed by atoms with Crippen LogP contribution < -0.4 is 4.90 Å². The van der Waals surface area contributed by atoms with Crippen LogP contribution >= 0.6 is 11.3 Å². The summed E-state index contributed by atoms with van der Waals surface area (Å²) in [6.45, 7) is 0. The zero-order chi connectivity index (χ0) is 14.1. The molecule has 2 aromatic rings. The van der Waals surface area contributed by atoms with Crippen LogP contribution in [0.2, 0.25) is 0 Å². The SMILES string of the molecule is COC1CCCc2nc(-c3ccc(N(C)C)cn3)sc21. The van der Waals surface area contributed by atoms with E-state index in [4.69, 9.17) is 9.72 Å². The average molecular weight is 289 g/mol. The van der Waals surface area contributed by atoms with Crippen molar-refractivity contribution in [2.75, 3.05) is 26.1 Å². The van der Waals surface area contributed by atoms with Gasteiger partial charge >= 0.3 is 0 Å². The first-order valence-corrected chi connectivity index (χ1v) is 7.67. The fourth-order valence-corrected chi connectivity index (χ4v) is 3.69. The van der Waals surface area contributed by atoms with Crippen molar-refractivity contribution in [1.82, 2.24) is 9.97 Å². The minimum absolute atomic E-state index is 0.214. The topological polar surface area (TPSA) is 38.2 Å². The summed E-state index contributed by atoms with van der Waals surface area (Å²) >= 11 is 1.72. The predicted octanol–water partition coefficient (Wildman–Crippen LogP) is 3.29. The fraction of sp³-hybridized carbons (Fsp3) is 0.467. The monoisotopic (exact) mass is 289 g/mol. The molecule has 1 aliphatic carbocycles. The molecule has 5 heteroatoms. The number of methoxy groups -OCH3 is 1. The predicted molar refractivity (Wildman–Crippen MR) is 82.4 cm³/mol. The number of rotatable bonds is 3. The largest absolute Gasteiger partial charge is 0.376 e. The van der Waals surface area contributed by atoms with Gasteiger partial charge in [-0.25, -0.2) is 4.98 Å². The zero-order valence-corrected chi connectivity index (χ0v) is 12.9. The van der Waals surface area contributed by atoms with E-state index in [-0.39, 0.29) is 6.10 Å². The van der Waals surface area contributed by atoms with Crippen LogP contribution in [-0.2, 0) is 11.2 Å². The van der Waals surface area contributed by atoms with Crippen molar-refractivity contribution in [3.8, 4) is 10.7 Å². The summed E-state index contributed by atoms with van der Waals surface area (Å²) in [5, 5.41) is 1.00. The molecule has 2 aromatic heterocycles. The Kier molecular flexibility index (Phi) is 3.72. The van der Waals surface area contributed by atoms with Crippen LogP contribution in [0.1, 0.15) is 29.5 Å². The highest BCUT2D eigenvalue weighted by Gasteiger charge is 2.24. The molecule has 0 spiro atoms. The van der Waals surface area contributed by atoms with E-state index in [1.807, 2.05) is 31.3 Å². The van der Waals surface area contributed by atoms with Crippen molar-refractivity contribution < 1.29 is 4.74 Å². The lowest BCUT2D eigenvalue weighted by Crippen LogP contribution is -2.09. The summed E-state index contributed by atoms with van der Waals surface area (Å²) in [7, 11) is 5.81. The third-order valence-electron chi connectivity index (χ3n) is 3.67. The van der Waals surface area contributed by atoms with Gasteiger partial charge in [0.15, 0.2) is 0 Å². The molecule has 1 atom stereocenters. The van der Waals surface area contributed by atoms with E-state index in [0.29, 0.717) is 0 Å². The Balaban J connectivity index is 1.93. The molecule has 20 heavy (non-hydrogen) atoms. The molecule has 2 heterocycles. The number of hydrogen-bond acceptors (Lipinski definition) is 5. The minimum atomic E-state index is 0.214. The van der Waals surface area contributed by atoms with Crippen LogP contribution in [0.3, 0.4) is 0 Å². The number of aromatic nitrogens is 2. The third-order valence-corrected chi connectivity index (χ3v) is 4.88. The van der Waals surface area contributed by atoms with E-state index in [2.05, 4.69) is 11.1 Å². The number of anilines is 1. The number of fused-ring (bicyclic) bond motifs is 1. The first-order chi connectivity index (χ1) is 9.69. The van der Waals surface area contributed by atoms with E-state index in [1.54, 1.807) is 18.4 Å². The van der Waals surface area contributed by atoms with Gasteiger partial charge in [-0.15, -0.1) is 11.3 Å². The summed E-state index contributed by atoms with van der Waals surface area (Å²) in [6, 6.07) is 4.12. The molecule has 0 bridgehead atoms. The maximum absolute atomic E-state index is 5.56. The normalized spacial score (nSPS) is 17.9. The summed E-state index contributed by atoms with van der Waals surface area (Å²) < 4.78 is 5.56. The van der Waals surface area contributed by atoms with Gasteiger partial charge in [0.1, 0.15) is 5.01 Å². The summed E-state index contributed by atoms with van der Waals surface area (Å²) in [4.78, 5) is 12.6. The molecule has 4 nitrogen and oxygen atoms in total. The van der Waals surface area contributed by atoms with Crippen LogP contribution in [0.15, 0.2) is 18.3 Å². The zero-order valence-electron chi connectivity index (χ0n) is 12.1. The van der Waals surface area contributed by atoms with Crippen LogP contribution in [0.5, 0.6) is 0 Å². The molecule has 3 rings (SSSR count). The van der Waals surface area contributed by atoms with Crippen molar-refractivity contribution in [3.63, 3.8) is 0 Å². The highest BCUT2D eigenvalue weighted by Crippen LogP contribution is 2.39. The minimum Gasteiger partial charge on any atom is -0.376 e. The Labute approximate surface area is 123 Å². The molecule has 0 N–H and O–H groups in total. The molecule has 0 aromatic carbocycles. The van der Waals surface area contributed by atoms with Gasteiger partial charge in [0, 0.05) is 21.2 Å². The molecule has 0 radical (unpaired) electrons. The lowest BCUT2D eigenvalue weighted by molar-refractivity contribution is 0.0908. The maximum atomic E-state index is 5.56. The number of aryl methyl sites for hydroxylation is 1. The molecule has 0 amide bonds. The van der Waals surface area contributed by atoms with Gasteiger partial charge in [-0.1, -0.05) is 0 Å². The fourth-order valence-electron chi connectivity index (χ4n) is 2.49. The molecule has 0 aliphatic heterocycles. The van der Waals surface area contributed by atoms with Crippen LogP contribution in [0, 0.1) is 0 Å². The van der Waals surface area contributed by atoms with E-state index >= 15 is 0 Å². The van der Waals surface area contributed by atoms with E-state index < -0.39 is 0 Å². The molecule has 1 aliphatic rings. The van der Waals surface area contributed by atoms with Crippen molar-refractivity contribution in [2.24, 2.45) is 0 Å². The van der Waals surface area contributed by atoms with Gasteiger partial charge in [-0.05, 0) is 31.4 Å². The van der Waals surface area contributed by atoms with Gasteiger partial charge in [0.05, 0.1) is 34.3 Å². The van der Waals surface area contributed by atoms with Crippen molar-refractivity contribution >= 4 is 17.0 Å². The van der Waals surface area contributed by atoms with Crippen molar-refractivity contribution in [1.29, 1.82) is 0 Å². The standard InChI is InChI=1S/C15H19N3OS/c1-18(2)10-7-8-12(16-9-10)15-17-11-5-4-6-13(19-3)14(11)20-15/h7-9,13H,4-6H2,1-3H3. The third kappa shape index (κ3) is 2.43. The highest BCUT2D eigenvalue weighted by molar-refractivity contribution is 7.15. The number of nitrogens with zero attached hydrogens (tertiary/aromatic N) is 3. The quantitative estimate of drug-likeness (QED) is 0.869. The van der Waals surface area contributed by atoms with Crippen molar-refractivity contribution in [3.05, 3.63) is 28.9 Å². The Morgan fingerprint density at radius 3 is 2.85 bits per heavy atom. The van der Waals surface area contributed by atoms with Gasteiger partial charge in [0.2, 0.25) is 0 Å². The second kappa shape index (κ2) is 5.50. The second-order valence-electron chi connectivity index (χ2n) is 5.24. The van der Waals surface area contributed by atoms with Gasteiger partial charge < -0.3 is 9.64 Å². The molecule has 1 unspecified atom stereocenters. The Morgan fingerprint density at radius 2 is 2.20 bits per heavy atom. The molecular formula is C15H19N3OS. The second-order valence-corrected chi connectivity index (χ2v) is 6.27. The average Bonchev–Trinajstić information content (AvgIpc) is 2.91. The number of ether oxygens (including phenoxy) is 1. The summed E-state index contributed by atoms with van der Waals surface area (Å²) in [5.41, 5.74) is 3.25. The molecule has 106 valence electrons. The lowest BCUT2D eigenvalue weighted by atomic mass is 10.0. The van der Waals surface area contributed by atoms with Crippen molar-refractivity contribution in [2.45, 2.75) is 25.4 Å². The maximum Gasteiger partial charge on any atom is 0.142 e. The van der Waals surface area contributed by atoms with Gasteiger partial charge in [-0.2, -0.15) is 0 Å².